The smallest absolute Gasteiger partial charge is 0.258 e. The molecule has 0 saturated carbocycles. The van der Waals surface area contributed by atoms with Gasteiger partial charge in [0.1, 0.15) is 28.6 Å². The van der Waals surface area contributed by atoms with E-state index < -0.39 is 16.6 Å². The van der Waals surface area contributed by atoms with Crippen LogP contribution in [0.1, 0.15) is 41.5 Å². The average molecular weight is 660 g/mol. The molecule has 30 heavy (non-hydrogen) atoms. The molecule has 1 aromatic carbocycles. The largest absolute Gasteiger partial charge is 0.342 e. The maximum atomic E-state index is 13.9. The summed E-state index contributed by atoms with van der Waals surface area (Å²) in [4.78, 5) is 35.5. The van der Waals surface area contributed by atoms with Crippen molar-refractivity contribution < 1.29 is 9.59 Å². The van der Waals surface area contributed by atoms with Crippen LogP contribution in [0, 0.1) is 0 Å². The van der Waals surface area contributed by atoms with Gasteiger partial charge in [0.25, 0.3) is 5.91 Å². The minimum Gasteiger partial charge on any atom is -0.342 e. The summed E-state index contributed by atoms with van der Waals surface area (Å²) in [6, 6.07) is 4.10. The highest BCUT2D eigenvalue weighted by Gasteiger charge is 2.82. The second kappa shape index (κ2) is 5.15. The molecule has 1 aromatic heterocycles. The molecule has 0 aliphatic carbocycles. The third-order valence-corrected chi connectivity index (χ3v) is 10.5. The Morgan fingerprint density at radius 1 is 1.17 bits per heavy atom. The Bertz CT molecular complexity index is 1300. The number of aromatic nitrogens is 2. The van der Waals surface area contributed by atoms with Gasteiger partial charge in [-0.05, 0) is 41.4 Å². The summed E-state index contributed by atoms with van der Waals surface area (Å²) < 4.78 is 4.30. The summed E-state index contributed by atoms with van der Waals surface area (Å²) >= 11 is 14.9. The summed E-state index contributed by atoms with van der Waals surface area (Å²) in [5.41, 5.74) is 1.59. The van der Waals surface area contributed by atoms with E-state index in [1.807, 2.05) is 24.1 Å². The summed E-state index contributed by atoms with van der Waals surface area (Å²) in [5.74, 6) is 0.0574. The Kier molecular flexibility index (Phi) is 3.19. The highest BCUT2D eigenvalue weighted by molar-refractivity contribution is 9.15. The van der Waals surface area contributed by atoms with Gasteiger partial charge in [0.05, 0.1) is 16.6 Å². The summed E-state index contributed by atoms with van der Waals surface area (Å²) in [6.45, 7) is 2.00. The fourth-order valence-electron chi connectivity index (χ4n) is 6.61. The molecule has 2 fully saturated rings. The Labute approximate surface area is 205 Å². The Hall–Kier alpha value is -0.970. The minimum atomic E-state index is -0.815. The van der Waals surface area contributed by atoms with Gasteiger partial charge < -0.3 is 9.80 Å². The van der Waals surface area contributed by atoms with Gasteiger partial charge in [-0.15, -0.1) is 0 Å². The number of carbonyl (C=O) groups is 2. The molecule has 4 atom stereocenters. The molecule has 0 N–H and O–H groups in total. The van der Waals surface area contributed by atoms with Crippen LogP contribution >= 0.6 is 63.7 Å². The number of benzene rings is 1. The Morgan fingerprint density at radius 2 is 1.93 bits per heavy atom. The number of halogens is 4. The number of hydrogen-bond acceptors (Lipinski definition) is 4. The van der Waals surface area contributed by atoms with E-state index in [9.17, 15) is 9.59 Å². The summed E-state index contributed by atoms with van der Waals surface area (Å²) in [6.07, 6.45) is 4.56. The molecular weight excluding hydrogens is 648 g/mol. The topological polar surface area (TPSA) is 58.4 Å². The third-order valence-electron chi connectivity index (χ3n) is 7.67. The van der Waals surface area contributed by atoms with E-state index in [2.05, 4.69) is 79.7 Å². The number of amides is 1. The summed E-state index contributed by atoms with van der Waals surface area (Å²) in [5, 5.41) is 0. The maximum absolute atomic E-state index is 13.9. The minimum absolute atomic E-state index is 0.00949. The number of β-lactam (4-membered cyclic amide) rings is 1. The first kappa shape index (κ1) is 18.6. The molecular formula is C20H12Br4N4O2. The molecule has 10 heteroatoms. The molecule has 2 spiro atoms. The van der Waals surface area contributed by atoms with Gasteiger partial charge in [-0.25, -0.2) is 4.98 Å². The molecule has 0 radical (unpaired) electrons. The molecule has 5 aliphatic heterocycles. The molecule has 7 rings (SSSR count). The first-order chi connectivity index (χ1) is 14.2. The lowest BCUT2D eigenvalue weighted by molar-refractivity contribution is -0.158. The van der Waals surface area contributed by atoms with Gasteiger partial charge in [-0.3, -0.25) is 14.2 Å². The first-order valence-electron chi connectivity index (χ1n) is 9.46. The molecule has 5 aliphatic rings. The van der Waals surface area contributed by atoms with Gasteiger partial charge >= 0.3 is 0 Å². The number of anilines is 1. The quantitative estimate of drug-likeness (QED) is 0.300. The number of carbonyl (C=O) groups excluding carboxylic acids is 2. The van der Waals surface area contributed by atoms with Gasteiger partial charge in [-0.1, -0.05) is 47.8 Å². The average Bonchev–Trinajstić information content (AvgIpc) is 3.26. The molecule has 6 heterocycles. The van der Waals surface area contributed by atoms with Crippen LogP contribution in [0.4, 0.5) is 5.69 Å². The fraction of sp³-hybridized carbons (Fsp3) is 0.350. The predicted octanol–water partition coefficient (Wildman–Crippen LogP) is 4.84. The first-order valence-corrected chi connectivity index (χ1v) is 12.8. The van der Waals surface area contributed by atoms with Gasteiger partial charge in [0.2, 0.25) is 5.91 Å². The van der Waals surface area contributed by atoms with Crippen LogP contribution in [-0.2, 0) is 15.9 Å². The van der Waals surface area contributed by atoms with Crippen molar-refractivity contribution in [1.82, 2.24) is 14.5 Å². The Balaban J connectivity index is 1.74. The molecule has 6 nitrogen and oxygen atoms in total. The van der Waals surface area contributed by atoms with Crippen LogP contribution in [0.5, 0.6) is 0 Å². The van der Waals surface area contributed by atoms with E-state index >= 15 is 0 Å². The zero-order valence-corrected chi connectivity index (χ0v) is 21.8. The SMILES string of the molecule is C[C@@]12C(=O)n3cnc4c3[C@@]3(C[C@H]1Br)N2c1cc(Br)cc(Br)c1[C@@]31CC(=O)N1C=C4Br. The molecule has 152 valence electrons. The molecule has 2 saturated heterocycles. The highest BCUT2D eigenvalue weighted by Crippen LogP contribution is 2.75. The van der Waals surface area contributed by atoms with Crippen molar-refractivity contribution in [2.45, 2.75) is 41.2 Å². The van der Waals surface area contributed by atoms with Crippen LogP contribution < -0.4 is 4.90 Å². The van der Waals surface area contributed by atoms with E-state index in [-0.39, 0.29) is 16.6 Å². The van der Waals surface area contributed by atoms with Crippen molar-refractivity contribution in [2.75, 3.05) is 4.90 Å². The summed E-state index contributed by atoms with van der Waals surface area (Å²) in [7, 11) is 0. The number of nitrogens with zero attached hydrogens (tertiary/aromatic N) is 4. The van der Waals surface area contributed by atoms with Crippen molar-refractivity contribution in [3.63, 3.8) is 0 Å². The van der Waals surface area contributed by atoms with Crippen LogP contribution in [0.25, 0.3) is 4.48 Å². The van der Waals surface area contributed by atoms with E-state index in [4.69, 9.17) is 0 Å². The third kappa shape index (κ3) is 1.54. The van der Waals surface area contributed by atoms with Crippen molar-refractivity contribution in [2.24, 2.45) is 0 Å². The fourth-order valence-corrected chi connectivity index (χ4v) is 9.51. The molecule has 2 aromatic rings. The van der Waals surface area contributed by atoms with E-state index in [0.29, 0.717) is 12.8 Å². The number of imidazole rings is 1. The highest BCUT2D eigenvalue weighted by atomic mass is 79.9. The molecule has 1 amide bonds. The normalized spacial score (nSPS) is 36.8. The monoisotopic (exact) mass is 656 g/mol. The van der Waals surface area contributed by atoms with Crippen molar-refractivity contribution in [3.05, 3.63) is 50.6 Å². The van der Waals surface area contributed by atoms with Crippen LogP contribution in [0.3, 0.4) is 0 Å². The standard InChI is InChI=1S/C20H12Br4N4O2/c1-18-12(24)4-20-16-15(25-7-26(16)17(18)30)10(23)6-27-13(29)5-19(20,27)14-9(22)2-8(21)3-11(14)28(18)20/h2-3,6-7,12H,4-5H2,1H3/t12-,18+,19+,20-/m1/s1. The van der Waals surface area contributed by atoms with Crippen LogP contribution in [-0.4, -0.2) is 36.6 Å². The zero-order valence-electron chi connectivity index (χ0n) is 15.4. The van der Waals surface area contributed by atoms with Crippen molar-refractivity contribution in [3.8, 4) is 0 Å². The number of rotatable bonds is 0. The lowest BCUT2D eigenvalue weighted by atomic mass is 9.64. The second-order valence-corrected chi connectivity index (χ2v) is 12.4. The lowest BCUT2D eigenvalue weighted by Gasteiger charge is -2.59. The van der Waals surface area contributed by atoms with Crippen molar-refractivity contribution >= 4 is 85.7 Å². The number of hydrogen-bond donors (Lipinski definition) is 0. The molecule has 0 unspecified atom stereocenters. The van der Waals surface area contributed by atoms with Crippen LogP contribution in [0.15, 0.2) is 33.6 Å². The van der Waals surface area contributed by atoms with E-state index in [0.717, 1.165) is 36.1 Å². The number of alkyl halides is 1. The predicted molar refractivity (Wildman–Crippen MR) is 125 cm³/mol. The zero-order chi connectivity index (χ0) is 21.0. The molecule has 2 bridgehead atoms. The number of fused-ring (bicyclic) bond motifs is 1. The lowest BCUT2D eigenvalue weighted by Crippen LogP contribution is -2.73. The van der Waals surface area contributed by atoms with Gasteiger partial charge in [0, 0.05) is 31.2 Å². The van der Waals surface area contributed by atoms with Crippen molar-refractivity contribution in [1.29, 1.82) is 0 Å². The van der Waals surface area contributed by atoms with E-state index in [1.54, 1.807) is 10.9 Å². The second-order valence-electron chi connectivity index (χ2n) is 8.69. The Morgan fingerprint density at radius 3 is 2.67 bits per heavy atom. The van der Waals surface area contributed by atoms with Gasteiger partial charge in [-0.2, -0.15) is 0 Å². The van der Waals surface area contributed by atoms with E-state index in [1.165, 1.54) is 0 Å². The van der Waals surface area contributed by atoms with Gasteiger partial charge in [0.15, 0.2) is 0 Å². The maximum Gasteiger partial charge on any atom is 0.258 e. The van der Waals surface area contributed by atoms with Crippen LogP contribution in [0.2, 0.25) is 0 Å².